The zero-order valence-corrected chi connectivity index (χ0v) is 23.1. The van der Waals surface area contributed by atoms with Gasteiger partial charge >= 0.3 is 23.9 Å². The highest BCUT2D eigenvalue weighted by molar-refractivity contribution is 6.32. The molecule has 41 heavy (non-hydrogen) atoms. The Balaban J connectivity index is 0.000000304. The van der Waals surface area contributed by atoms with Crippen molar-refractivity contribution in [1.29, 1.82) is 0 Å². The number of likely N-dealkylation sites (N-methyl/N-ethyl adjacent to an activating group) is 1. The number of fused-ring (bicyclic) bond motifs is 1. The average molecular weight is 586 g/mol. The van der Waals surface area contributed by atoms with Gasteiger partial charge in [0, 0.05) is 73.2 Å². The van der Waals surface area contributed by atoms with E-state index in [9.17, 15) is 19.2 Å². The molecule has 0 saturated carbocycles. The number of nitrogens with zero attached hydrogens (tertiary/aromatic N) is 3. The second-order valence-electron chi connectivity index (χ2n) is 9.09. The molecule has 2 aromatic rings. The molecule has 0 bridgehead atoms. The van der Waals surface area contributed by atoms with Gasteiger partial charge in [-0.1, -0.05) is 54.1 Å². The second-order valence-corrected chi connectivity index (χ2v) is 9.50. The van der Waals surface area contributed by atoms with Crippen LogP contribution in [-0.2, 0) is 25.6 Å². The van der Waals surface area contributed by atoms with Gasteiger partial charge in [-0.25, -0.2) is 19.2 Å². The monoisotopic (exact) mass is 585 g/mol. The Morgan fingerprint density at radius 3 is 1.80 bits per heavy atom. The van der Waals surface area contributed by atoms with Crippen molar-refractivity contribution in [3.63, 3.8) is 0 Å². The number of benzene rings is 2. The minimum atomic E-state index is -1.26. The third kappa shape index (κ3) is 12.2. The first kappa shape index (κ1) is 32.9. The van der Waals surface area contributed by atoms with Gasteiger partial charge in [0.15, 0.2) is 0 Å². The highest BCUT2D eigenvalue weighted by atomic mass is 35.5. The van der Waals surface area contributed by atoms with Crippen molar-refractivity contribution in [3.8, 4) is 0 Å². The van der Waals surface area contributed by atoms with Gasteiger partial charge in [-0.2, -0.15) is 0 Å². The lowest BCUT2D eigenvalue weighted by Gasteiger charge is -2.35. The zero-order valence-electron chi connectivity index (χ0n) is 22.4. The van der Waals surface area contributed by atoms with Crippen LogP contribution in [0.25, 0.3) is 0 Å². The molecule has 1 atom stereocenters. The summed E-state index contributed by atoms with van der Waals surface area (Å²) in [5, 5.41) is 32.1. The molecule has 2 aliphatic heterocycles. The van der Waals surface area contributed by atoms with Crippen molar-refractivity contribution < 1.29 is 39.6 Å². The van der Waals surface area contributed by atoms with Crippen LogP contribution in [0.3, 0.4) is 0 Å². The summed E-state index contributed by atoms with van der Waals surface area (Å²) < 4.78 is 0. The molecule has 12 heteroatoms. The Labute approximate surface area is 242 Å². The fourth-order valence-electron chi connectivity index (χ4n) is 4.07. The van der Waals surface area contributed by atoms with E-state index in [1.165, 1.54) is 16.7 Å². The Morgan fingerprint density at radius 2 is 1.32 bits per heavy atom. The van der Waals surface area contributed by atoms with Crippen LogP contribution in [0.4, 0.5) is 0 Å². The van der Waals surface area contributed by atoms with Crippen LogP contribution in [-0.4, -0.2) is 106 Å². The topological polar surface area (TPSA) is 168 Å². The molecule has 0 spiro atoms. The number of aliphatic imine (C=N–C) groups is 1. The van der Waals surface area contributed by atoms with Gasteiger partial charge in [0.05, 0.1) is 11.8 Å². The second kappa shape index (κ2) is 16.7. The predicted octanol–water partition coefficient (Wildman–Crippen LogP) is 2.77. The van der Waals surface area contributed by atoms with E-state index in [2.05, 4.69) is 47.2 Å². The van der Waals surface area contributed by atoms with E-state index < -0.39 is 23.9 Å². The standard InChI is InChI=1S/C21H24ClN3.2C4H4O4/c1-24-10-12-25(13-11-24)15-17-14-19-18(8-5-9-20(19)22)21(23-17)16-6-3-2-4-7-16;2*5-3(6)1-2-4(7)8/h2-9,17H,10-15H2,1H3;2*1-2H,(H,5,6)(H,7,8)/b;2*2-1+. The molecule has 2 heterocycles. The van der Waals surface area contributed by atoms with E-state index in [0.717, 1.165) is 49.9 Å². The molecule has 0 aliphatic carbocycles. The van der Waals surface area contributed by atoms with Crippen LogP contribution in [0.5, 0.6) is 0 Å². The van der Waals surface area contributed by atoms with Crippen LogP contribution in [0.1, 0.15) is 16.7 Å². The maximum absolute atomic E-state index is 9.55. The molecule has 1 saturated heterocycles. The molecule has 1 fully saturated rings. The van der Waals surface area contributed by atoms with E-state index in [-0.39, 0.29) is 6.04 Å². The number of aliphatic carboxylic acids is 4. The predicted molar refractivity (Wildman–Crippen MR) is 154 cm³/mol. The Kier molecular flexibility index (Phi) is 13.4. The van der Waals surface area contributed by atoms with Crippen LogP contribution in [0.15, 0.2) is 77.8 Å². The molecule has 4 rings (SSSR count). The molecule has 4 N–H and O–H groups in total. The number of carboxylic acid groups (broad SMARTS) is 4. The number of rotatable bonds is 7. The highest BCUT2D eigenvalue weighted by Crippen LogP contribution is 2.29. The van der Waals surface area contributed by atoms with Gasteiger partial charge < -0.3 is 25.3 Å². The van der Waals surface area contributed by atoms with Gasteiger partial charge in [0.2, 0.25) is 0 Å². The maximum Gasteiger partial charge on any atom is 0.328 e. The Hall–Kier alpha value is -4.32. The Morgan fingerprint density at radius 1 is 0.805 bits per heavy atom. The quantitative estimate of drug-likeness (QED) is 0.355. The summed E-state index contributed by atoms with van der Waals surface area (Å²) in [6.07, 6.45) is 3.16. The highest BCUT2D eigenvalue weighted by Gasteiger charge is 2.26. The van der Waals surface area contributed by atoms with Crippen molar-refractivity contribution in [1.82, 2.24) is 9.80 Å². The first-order valence-electron chi connectivity index (χ1n) is 12.6. The van der Waals surface area contributed by atoms with E-state index in [1.54, 1.807) is 0 Å². The van der Waals surface area contributed by atoms with Crippen LogP contribution in [0, 0.1) is 0 Å². The van der Waals surface area contributed by atoms with Gasteiger partial charge in [0.25, 0.3) is 0 Å². The summed E-state index contributed by atoms with van der Waals surface area (Å²) in [6.45, 7) is 5.53. The summed E-state index contributed by atoms with van der Waals surface area (Å²) in [6, 6.07) is 16.9. The third-order valence-corrected chi connectivity index (χ3v) is 6.33. The fraction of sp³-hybridized carbons (Fsp3) is 0.276. The summed E-state index contributed by atoms with van der Waals surface area (Å²) in [5.41, 5.74) is 4.70. The molecule has 0 radical (unpaired) electrons. The van der Waals surface area contributed by atoms with Gasteiger partial charge in [0.1, 0.15) is 0 Å². The van der Waals surface area contributed by atoms with Gasteiger partial charge in [-0.3, -0.25) is 9.89 Å². The summed E-state index contributed by atoms with van der Waals surface area (Å²) in [7, 11) is 2.19. The number of piperazine rings is 1. The molecule has 0 aromatic heterocycles. The van der Waals surface area contributed by atoms with Gasteiger partial charge in [-0.05, 0) is 25.1 Å². The van der Waals surface area contributed by atoms with Crippen molar-refractivity contribution in [2.24, 2.45) is 4.99 Å². The summed E-state index contributed by atoms with van der Waals surface area (Å²) in [5.74, 6) is -5.03. The lowest BCUT2D eigenvalue weighted by molar-refractivity contribution is -0.134. The number of hydrogen-bond donors (Lipinski definition) is 4. The van der Waals surface area contributed by atoms with Gasteiger partial charge in [-0.15, -0.1) is 0 Å². The number of carbonyl (C=O) groups is 4. The molecular formula is C29H32ClN3O8. The molecule has 2 aromatic carbocycles. The molecule has 11 nitrogen and oxygen atoms in total. The molecule has 0 amide bonds. The molecule has 218 valence electrons. The SMILES string of the molecule is CN1CCN(CC2Cc3c(Cl)cccc3C(c3ccccc3)=N2)CC1.O=C(O)/C=C/C(=O)O.O=C(O)/C=C/C(=O)O. The fourth-order valence-corrected chi connectivity index (χ4v) is 4.32. The van der Waals surface area contributed by atoms with Crippen molar-refractivity contribution in [3.05, 3.63) is 94.5 Å². The van der Waals surface area contributed by atoms with E-state index in [1.807, 2.05) is 18.2 Å². The van der Waals surface area contributed by atoms with Crippen molar-refractivity contribution in [2.45, 2.75) is 12.5 Å². The maximum atomic E-state index is 9.55. The third-order valence-electron chi connectivity index (χ3n) is 5.97. The van der Waals surface area contributed by atoms with Crippen molar-refractivity contribution >= 4 is 41.2 Å². The normalized spacial score (nSPS) is 16.9. The van der Waals surface area contributed by atoms with Crippen LogP contribution < -0.4 is 0 Å². The smallest absolute Gasteiger partial charge is 0.328 e. The van der Waals surface area contributed by atoms with E-state index in [4.69, 9.17) is 37.0 Å². The Bertz CT molecular complexity index is 1240. The average Bonchev–Trinajstić information content (AvgIpc) is 2.93. The minimum Gasteiger partial charge on any atom is -0.478 e. The molecular weight excluding hydrogens is 554 g/mol. The first-order valence-corrected chi connectivity index (χ1v) is 12.9. The number of halogens is 1. The number of hydrogen-bond acceptors (Lipinski definition) is 7. The van der Waals surface area contributed by atoms with E-state index >= 15 is 0 Å². The molecule has 2 aliphatic rings. The lowest BCUT2D eigenvalue weighted by Crippen LogP contribution is -2.47. The number of carboxylic acids is 4. The summed E-state index contributed by atoms with van der Waals surface area (Å²) >= 11 is 6.55. The molecule has 1 unspecified atom stereocenters. The van der Waals surface area contributed by atoms with Crippen LogP contribution >= 0.6 is 11.6 Å². The lowest BCUT2D eigenvalue weighted by atomic mass is 9.90. The minimum absolute atomic E-state index is 0.269. The largest absolute Gasteiger partial charge is 0.478 e. The summed E-state index contributed by atoms with van der Waals surface area (Å²) in [4.78, 5) is 48.3. The first-order chi connectivity index (χ1) is 19.5. The van der Waals surface area contributed by atoms with Crippen LogP contribution in [0.2, 0.25) is 5.02 Å². The zero-order chi connectivity index (χ0) is 30.4. The van der Waals surface area contributed by atoms with Crippen molar-refractivity contribution in [2.75, 3.05) is 39.8 Å². The van der Waals surface area contributed by atoms with E-state index in [0.29, 0.717) is 24.3 Å².